The number of hydrogen-bond acceptors (Lipinski definition) is 4. The molecule has 0 bridgehead atoms. The average Bonchev–Trinajstić information content (AvgIpc) is 2.97. The van der Waals surface area contributed by atoms with Crippen LogP contribution in [0.3, 0.4) is 0 Å². The Kier molecular flexibility index (Phi) is 6.35. The second kappa shape index (κ2) is 9.47. The van der Waals surface area contributed by atoms with Gasteiger partial charge in [0.25, 0.3) is 0 Å². The van der Waals surface area contributed by atoms with Crippen LogP contribution in [0.5, 0.6) is 5.75 Å². The fourth-order valence-corrected chi connectivity index (χ4v) is 5.36. The standard InChI is InChI=1S/C30H29ClN2O3/c1-19(34)33-26-11-7-6-10-24(26)32-25-16-30(2,3)17-27(35)28(25)29(33)20-12-14-22(15-13-20)36-18-21-8-4-5-9-23(21)31/h4-15,29,32H,16-18H2,1-3H3. The number of nitrogens with zero attached hydrogens (tertiary/aromatic N) is 1. The molecule has 1 aliphatic carbocycles. The molecule has 3 aromatic carbocycles. The summed E-state index contributed by atoms with van der Waals surface area (Å²) in [5, 5.41) is 4.18. The highest BCUT2D eigenvalue weighted by atomic mass is 35.5. The third kappa shape index (κ3) is 4.63. The number of nitrogens with one attached hydrogen (secondary N) is 1. The van der Waals surface area contributed by atoms with Crippen molar-refractivity contribution < 1.29 is 14.3 Å². The minimum Gasteiger partial charge on any atom is -0.489 e. The number of rotatable bonds is 4. The van der Waals surface area contributed by atoms with Crippen molar-refractivity contribution in [2.75, 3.05) is 10.2 Å². The number of allylic oxidation sites excluding steroid dienone is 1. The van der Waals surface area contributed by atoms with Gasteiger partial charge in [0, 0.05) is 35.2 Å². The molecule has 0 saturated carbocycles. The van der Waals surface area contributed by atoms with Crippen LogP contribution in [0.4, 0.5) is 11.4 Å². The van der Waals surface area contributed by atoms with Crippen molar-refractivity contribution >= 4 is 34.7 Å². The molecule has 36 heavy (non-hydrogen) atoms. The largest absolute Gasteiger partial charge is 0.489 e. The van der Waals surface area contributed by atoms with Gasteiger partial charge in [-0.3, -0.25) is 14.5 Å². The second-order valence-corrected chi connectivity index (χ2v) is 10.6. The Bertz CT molecular complexity index is 1360. The summed E-state index contributed by atoms with van der Waals surface area (Å²) in [6, 6.07) is 22.4. The number of amides is 1. The predicted molar refractivity (Wildman–Crippen MR) is 143 cm³/mol. The van der Waals surface area contributed by atoms with Gasteiger partial charge in [0.15, 0.2) is 5.78 Å². The number of Topliss-reactive ketones (excluding diaryl/α,β-unsaturated/α-hetero) is 1. The quantitative estimate of drug-likeness (QED) is 0.415. The summed E-state index contributed by atoms with van der Waals surface area (Å²) in [6.45, 7) is 6.11. The lowest BCUT2D eigenvalue weighted by molar-refractivity contribution is -0.118. The first-order valence-electron chi connectivity index (χ1n) is 12.1. The van der Waals surface area contributed by atoms with Crippen LogP contribution < -0.4 is 15.0 Å². The highest BCUT2D eigenvalue weighted by molar-refractivity contribution is 6.31. The number of halogens is 1. The van der Waals surface area contributed by atoms with Gasteiger partial charge in [-0.2, -0.15) is 0 Å². The number of ether oxygens (including phenoxy) is 1. The number of benzene rings is 3. The molecule has 2 aliphatic rings. The Morgan fingerprint density at radius 2 is 1.72 bits per heavy atom. The van der Waals surface area contributed by atoms with E-state index in [-0.39, 0.29) is 17.1 Å². The molecule has 5 rings (SSSR count). The van der Waals surface area contributed by atoms with Gasteiger partial charge in [-0.15, -0.1) is 0 Å². The summed E-state index contributed by atoms with van der Waals surface area (Å²) >= 11 is 6.26. The molecule has 0 aromatic heterocycles. The molecule has 1 atom stereocenters. The topological polar surface area (TPSA) is 58.6 Å². The Morgan fingerprint density at radius 1 is 1.03 bits per heavy atom. The van der Waals surface area contributed by atoms with Crippen LogP contribution in [0.15, 0.2) is 84.1 Å². The molecule has 0 radical (unpaired) electrons. The monoisotopic (exact) mass is 500 g/mol. The van der Waals surface area contributed by atoms with E-state index in [2.05, 4.69) is 19.2 Å². The zero-order valence-electron chi connectivity index (χ0n) is 20.7. The van der Waals surface area contributed by atoms with E-state index in [1.165, 1.54) is 0 Å². The second-order valence-electron chi connectivity index (χ2n) is 10.2. The van der Waals surface area contributed by atoms with Gasteiger partial charge in [0.05, 0.1) is 17.4 Å². The van der Waals surface area contributed by atoms with Crippen molar-refractivity contribution in [1.82, 2.24) is 0 Å². The molecule has 0 spiro atoms. The highest BCUT2D eigenvalue weighted by Gasteiger charge is 2.42. The van der Waals surface area contributed by atoms with Crippen molar-refractivity contribution in [3.05, 3.63) is 100 Å². The number of carbonyl (C=O) groups excluding carboxylic acids is 2. The Hall–Kier alpha value is -3.57. The van der Waals surface area contributed by atoms with E-state index in [1.54, 1.807) is 11.8 Å². The average molecular weight is 501 g/mol. The van der Waals surface area contributed by atoms with Crippen LogP contribution in [0, 0.1) is 5.41 Å². The molecule has 3 aromatic rings. The zero-order chi connectivity index (χ0) is 25.4. The normalized spacial score (nSPS) is 18.6. The van der Waals surface area contributed by atoms with Crippen LogP contribution in [0.1, 0.15) is 50.8 Å². The van der Waals surface area contributed by atoms with E-state index in [4.69, 9.17) is 16.3 Å². The van der Waals surface area contributed by atoms with Crippen molar-refractivity contribution in [1.29, 1.82) is 0 Å². The number of carbonyl (C=O) groups is 2. The van der Waals surface area contributed by atoms with E-state index < -0.39 is 6.04 Å². The molecule has 1 unspecified atom stereocenters. The Balaban J connectivity index is 1.55. The summed E-state index contributed by atoms with van der Waals surface area (Å²) in [4.78, 5) is 28.4. The molecule has 1 aliphatic heterocycles. The van der Waals surface area contributed by atoms with Gasteiger partial charge in [0.1, 0.15) is 12.4 Å². The molecule has 1 heterocycles. The molecular weight excluding hydrogens is 472 g/mol. The van der Waals surface area contributed by atoms with Crippen LogP contribution in [-0.2, 0) is 16.2 Å². The predicted octanol–water partition coefficient (Wildman–Crippen LogP) is 7.08. The van der Waals surface area contributed by atoms with Crippen molar-refractivity contribution in [2.45, 2.75) is 46.3 Å². The minimum atomic E-state index is -0.533. The molecular formula is C30H29ClN2O3. The van der Waals surface area contributed by atoms with Gasteiger partial charge < -0.3 is 10.1 Å². The number of fused-ring (bicyclic) bond motifs is 1. The fraction of sp³-hybridized carbons (Fsp3) is 0.267. The molecule has 0 saturated heterocycles. The summed E-state index contributed by atoms with van der Waals surface area (Å²) in [7, 11) is 0. The van der Waals surface area contributed by atoms with Crippen molar-refractivity contribution in [3.8, 4) is 5.75 Å². The van der Waals surface area contributed by atoms with Crippen molar-refractivity contribution in [2.24, 2.45) is 5.41 Å². The number of anilines is 2. The minimum absolute atomic E-state index is 0.0665. The summed E-state index contributed by atoms with van der Waals surface area (Å²) < 4.78 is 5.97. The number of para-hydroxylation sites is 2. The molecule has 5 nitrogen and oxygen atoms in total. The smallest absolute Gasteiger partial charge is 0.224 e. The van der Waals surface area contributed by atoms with E-state index in [0.29, 0.717) is 29.4 Å². The maximum atomic E-state index is 13.6. The number of hydrogen-bond donors (Lipinski definition) is 1. The molecule has 1 N–H and O–H groups in total. The third-order valence-electron chi connectivity index (χ3n) is 6.79. The maximum Gasteiger partial charge on any atom is 0.224 e. The summed E-state index contributed by atoms with van der Waals surface area (Å²) in [5.41, 5.74) is 4.73. The first-order valence-corrected chi connectivity index (χ1v) is 12.5. The van der Waals surface area contributed by atoms with Crippen molar-refractivity contribution in [3.63, 3.8) is 0 Å². The fourth-order valence-electron chi connectivity index (χ4n) is 5.17. The Labute approximate surface area is 216 Å². The van der Waals surface area contributed by atoms with Gasteiger partial charge in [0.2, 0.25) is 5.91 Å². The highest BCUT2D eigenvalue weighted by Crippen LogP contribution is 2.48. The van der Waals surface area contributed by atoms with Gasteiger partial charge in [-0.25, -0.2) is 0 Å². The zero-order valence-corrected chi connectivity index (χ0v) is 21.4. The third-order valence-corrected chi connectivity index (χ3v) is 7.16. The van der Waals surface area contributed by atoms with Gasteiger partial charge in [-0.05, 0) is 47.7 Å². The van der Waals surface area contributed by atoms with E-state index >= 15 is 0 Å². The lowest BCUT2D eigenvalue weighted by Crippen LogP contribution is -2.38. The first kappa shape index (κ1) is 24.1. The van der Waals surface area contributed by atoms with Gasteiger partial charge in [-0.1, -0.05) is 67.9 Å². The summed E-state index contributed by atoms with van der Waals surface area (Å²) in [5.74, 6) is 0.627. The number of ketones is 1. The summed E-state index contributed by atoms with van der Waals surface area (Å²) in [6.07, 6.45) is 1.16. The lowest BCUT2D eigenvalue weighted by atomic mass is 9.73. The molecule has 0 fully saturated rings. The van der Waals surface area contributed by atoms with Crippen LogP contribution in [0.25, 0.3) is 0 Å². The van der Waals surface area contributed by atoms with Crippen LogP contribution >= 0.6 is 11.6 Å². The van der Waals surface area contributed by atoms with Gasteiger partial charge >= 0.3 is 0 Å². The Morgan fingerprint density at radius 3 is 2.44 bits per heavy atom. The van der Waals surface area contributed by atoms with Crippen LogP contribution in [0.2, 0.25) is 5.02 Å². The maximum absolute atomic E-state index is 13.6. The molecule has 184 valence electrons. The lowest BCUT2D eigenvalue weighted by Gasteiger charge is -2.36. The van der Waals surface area contributed by atoms with Crippen LogP contribution in [-0.4, -0.2) is 11.7 Å². The van der Waals surface area contributed by atoms with E-state index in [0.717, 1.165) is 34.6 Å². The SMILES string of the molecule is CC(=O)N1c2ccccc2NC2=C(C(=O)CC(C)(C)C2)C1c1ccc(OCc2ccccc2Cl)cc1. The molecule has 1 amide bonds. The van der Waals surface area contributed by atoms with E-state index in [9.17, 15) is 9.59 Å². The molecule has 6 heteroatoms. The first-order chi connectivity index (χ1) is 17.2. The van der Waals surface area contributed by atoms with E-state index in [1.807, 2.05) is 72.8 Å².